The summed E-state index contributed by atoms with van der Waals surface area (Å²) in [5.41, 5.74) is 0. The minimum atomic E-state index is 0.0240. The Morgan fingerprint density at radius 3 is 2.25 bits per heavy atom. The maximum Gasteiger partial charge on any atom is 0.149 e. The van der Waals surface area contributed by atoms with E-state index in [9.17, 15) is 4.79 Å². The molecule has 0 saturated heterocycles. The van der Waals surface area contributed by atoms with Gasteiger partial charge in [0.25, 0.3) is 0 Å². The molecule has 0 radical (unpaired) electrons. The van der Waals surface area contributed by atoms with Gasteiger partial charge >= 0.3 is 0 Å². The van der Waals surface area contributed by atoms with Gasteiger partial charge in [0.1, 0.15) is 5.78 Å². The number of allylic oxidation sites excluding steroid dienone is 3. The van der Waals surface area contributed by atoms with Crippen LogP contribution in [-0.4, -0.2) is 30.1 Å². The SMILES string of the molecule is C=C/C=C\C.CC.CC.O=C1CCCCC1NCCO. The molecule has 1 fully saturated rings. The van der Waals surface area contributed by atoms with Gasteiger partial charge in [0, 0.05) is 13.0 Å². The predicted molar refractivity (Wildman–Crippen MR) is 90.1 cm³/mol. The van der Waals surface area contributed by atoms with Crippen LogP contribution in [0.25, 0.3) is 0 Å². The van der Waals surface area contributed by atoms with Gasteiger partial charge in [-0.1, -0.05) is 58.9 Å². The zero-order valence-corrected chi connectivity index (χ0v) is 14.1. The van der Waals surface area contributed by atoms with E-state index in [0.717, 1.165) is 19.3 Å². The van der Waals surface area contributed by atoms with Crippen molar-refractivity contribution in [3.05, 3.63) is 24.8 Å². The summed E-state index contributed by atoms with van der Waals surface area (Å²) in [6, 6.07) is 0.0240. The highest BCUT2D eigenvalue weighted by Crippen LogP contribution is 2.13. The van der Waals surface area contributed by atoms with Crippen LogP contribution >= 0.6 is 0 Å². The van der Waals surface area contributed by atoms with Crippen molar-refractivity contribution in [1.82, 2.24) is 5.32 Å². The molecule has 0 aromatic carbocycles. The minimum Gasteiger partial charge on any atom is -0.395 e. The van der Waals surface area contributed by atoms with Crippen LogP contribution < -0.4 is 5.32 Å². The maximum absolute atomic E-state index is 11.2. The Kier molecular flexibility index (Phi) is 28.0. The van der Waals surface area contributed by atoms with Crippen LogP contribution in [0, 0.1) is 0 Å². The van der Waals surface area contributed by atoms with Crippen LogP contribution in [0.3, 0.4) is 0 Å². The molecule has 3 heteroatoms. The van der Waals surface area contributed by atoms with Gasteiger partial charge in [-0.15, -0.1) is 0 Å². The Labute approximate surface area is 126 Å². The molecule has 0 aromatic rings. The normalized spacial score (nSPS) is 16.9. The number of aliphatic hydroxyl groups excluding tert-OH is 1. The summed E-state index contributed by atoms with van der Waals surface area (Å²) < 4.78 is 0. The molecular formula is C17H35NO2. The summed E-state index contributed by atoms with van der Waals surface area (Å²) in [5, 5.41) is 11.5. The van der Waals surface area contributed by atoms with Gasteiger partial charge in [0.15, 0.2) is 0 Å². The lowest BCUT2D eigenvalue weighted by molar-refractivity contribution is -0.122. The number of hydrogen-bond acceptors (Lipinski definition) is 3. The lowest BCUT2D eigenvalue weighted by atomic mass is 9.94. The lowest BCUT2D eigenvalue weighted by Crippen LogP contribution is -2.40. The van der Waals surface area contributed by atoms with Gasteiger partial charge in [-0.25, -0.2) is 0 Å². The molecule has 1 rings (SSSR count). The van der Waals surface area contributed by atoms with Crippen molar-refractivity contribution in [2.24, 2.45) is 0 Å². The van der Waals surface area contributed by atoms with E-state index in [-0.39, 0.29) is 12.6 Å². The van der Waals surface area contributed by atoms with E-state index < -0.39 is 0 Å². The van der Waals surface area contributed by atoms with Crippen LogP contribution in [0.5, 0.6) is 0 Å². The molecule has 1 saturated carbocycles. The monoisotopic (exact) mass is 285 g/mol. The van der Waals surface area contributed by atoms with Crippen molar-refractivity contribution >= 4 is 5.78 Å². The highest BCUT2D eigenvalue weighted by atomic mass is 16.3. The number of Topliss-reactive ketones (excluding diaryl/α,β-unsaturated/α-hetero) is 1. The quantitative estimate of drug-likeness (QED) is 0.771. The third kappa shape index (κ3) is 17.1. The van der Waals surface area contributed by atoms with E-state index in [1.807, 2.05) is 46.8 Å². The first-order chi connectivity index (χ1) is 9.76. The first kappa shape index (κ1) is 24.1. The third-order valence-electron chi connectivity index (χ3n) is 2.39. The van der Waals surface area contributed by atoms with E-state index in [4.69, 9.17) is 5.11 Å². The Morgan fingerprint density at radius 1 is 1.30 bits per heavy atom. The van der Waals surface area contributed by atoms with E-state index in [0.29, 0.717) is 18.7 Å². The van der Waals surface area contributed by atoms with Crippen molar-refractivity contribution in [2.45, 2.75) is 66.3 Å². The van der Waals surface area contributed by atoms with E-state index in [2.05, 4.69) is 11.9 Å². The van der Waals surface area contributed by atoms with Gasteiger partial charge < -0.3 is 10.4 Å². The molecular weight excluding hydrogens is 250 g/mol. The van der Waals surface area contributed by atoms with Gasteiger partial charge in [0.05, 0.1) is 12.6 Å². The second-order valence-electron chi connectivity index (χ2n) is 3.70. The fourth-order valence-electron chi connectivity index (χ4n) is 1.57. The Hall–Kier alpha value is -0.930. The summed E-state index contributed by atoms with van der Waals surface area (Å²) in [7, 11) is 0. The van der Waals surface area contributed by atoms with Crippen molar-refractivity contribution in [3.8, 4) is 0 Å². The van der Waals surface area contributed by atoms with Crippen molar-refractivity contribution < 1.29 is 9.90 Å². The van der Waals surface area contributed by atoms with Crippen LogP contribution in [0.15, 0.2) is 24.8 Å². The Morgan fingerprint density at radius 2 is 1.90 bits per heavy atom. The second kappa shape index (κ2) is 23.2. The van der Waals surface area contributed by atoms with E-state index >= 15 is 0 Å². The molecule has 1 unspecified atom stereocenters. The van der Waals surface area contributed by atoms with Crippen LogP contribution in [0.2, 0.25) is 0 Å². The average molecular weight is 285 g/mol. The van der Waals surface area contributed by atoms with Crippen LogP contribution in [-0.2, 0) is 4.79 Å². The molecule has 20 heavy (non-hydrogen) atoms. The molecule has 0 amide bonds. The first-order valence-corrected chi connectivity index (χ1v) is 7.87. The maximum atomic E-state index is 11.2. The van der Waals surface area contributed by atoms with Gasteiger partial charge in [-0.05, 0) is 19.8 Å². The molecule has 0 aliphatic heterocycles. The van der Waals surface area contributed by atoms with Crippen LogP contribution in [0.1, 0.15) is 60.3 Å². The predicted octanol–water partition coefficient (Wildman–Crippen LogP) is 3.88. The summed E-state index contributed by atoms with van der Waals surface area (Å²) >= 11 is 0. The molecule has 3 nitrogen and oxygen atoms in total. The lowest BCUT2D eigenvalue weighted by Gasteiger charge is -2.20. The molecule has 1 aliphatic rings. The molecule has 1 atom stereocenters. The number of nitrogens with one attached hydrogen (secondary N) is 1. The molecule has 0 spiro atoms. The molecule has 0 bridgehead atoms. The molecule has 1 aliphatic carbocycles. The number of carbonyl (C=O) groups excluding carboxylic acids is 1. The Balaban J connectivity index is -0.000000272. The zero-order chi connectivity index (χ0) is 16.2. The summed E-state index contributed by atoms with van der Waals surface area (Å²) in [6.45, 7) is 14.1. The van der Waals surface area contributed by atoms with Crippen LogP contribution in [0.4, 0.5) is 0 Å². The Bertz CT molecular complexity index is 225. The topological polar surface area (TPSA) is 49.3 Å². The summed E-state index contributed by atoms with van der Waals surface area (Å²) in [5.74, 6) is 0.310. The smallest absolute Gasteiger partial charge is 0.149 e. The third-order valence-corrected chi connectivity index (χ3v) is 2.39. The number of hydrogen-bond donors (Lipinski definition) is 2. The number of aliphatic hydroxyl groups is 1. The van der Waals surface area contributed by atoms with E-state index in [1.54, 1.807) is 6.08 Å². The second-order valence-corrected chi connectivity index (χ2v) is 3.70. The average Bonchev–Trinajstić information content (AvgIpc) is 2.52. The fraction of sp³-hybridized carbons (Fsp3) is 0.706. The number of carbonyl (C=O) groups is 1. The largest absolute Gasteiger partial charge is 0.395 e. The minimum absolute atomic E-state index is 0.0240. The van der Waals surface area contributed by atoms with Gasteiger partial charge in [0.2, 0.25) is 0 Å². The molecule has 2 N–H and O–H groups in total. The van der Waals surface area contributed by atoms with Crippen molar-refractivity contribution in [2.75, 3.05) is 13.2 Å². The first-order valence-electron chi connectivity index (χ1n) is 7.87. The number of rotatable bonds is 4. The van der Waals surface area contributed by atoms with Gasteiger partial charge in [-0.3, -0.25) is 4.79 Å². The van der Waals surface area contributed by atoms with E-state index in [1.165, 1.54) is 0 Å². The fourth-order valence-corrected chi connectivity index (χ4v) is 1.57. The number of ketones is 1. The van der Waals surface area contributed by atoms with Crippen molar-refractivity contribution in [1.29, 1.82) is 0 Å². The zero-order valence-electron chi connectivity index (χ0n) is 14.1. The molecule has 0 aromatic heterocycles. The van der Waals surface area contributed by atoms with Crippen molar-refractivity contribution in [3.63, 3.8) is 0 Å². The van der Waals surface area contributed by atoms with Gasteiger partial charge in [-0.2, -0.15) is 0 Å². The standard InChI is InChI=1S/C8H15NO2.C5H8.2C2H6/c10-6-5-9-7-3-1-2-4-8(7)11;1-3-5-4-2;2*1-2/h7,9-10H,1-6H2;3-5H,1H2,2H3;2*1-2H3/b;5-4-;;. The molecule has 120 valence electrons. The highest BCUT2D eigenvalue weighted by Gasteiger charge is 2.20. The summed E-state index contributed by atoms with van der Waals surface area (Å²) in [6.07, 6.45) is 9.40. The summed E-state index contributed by atoms with van der Waals surface area (Å²) in [4.78, 5) is 11.2. The highest BCUT2D eigenvalue weighted by molar-refractivity contribution is 5.84. The molecule has 0 heterocycles.